The zero-order valence-corrected chi connectivity index (χ0v) is 16.5. The Bertz CT molecular complexity index is 925. The number of anilines is 1. The van der Waals surface area contributed by atoms with Gasteiger partial charge in [-0.15, -0.1) is 10.2 Å². The predicted molar refractivity (Wildman–Crippen MR) is 102 cm³/mol. The number of rotatable bonds is 6. The first-order valence-electron chi connectivity index (χ1n) is 7.83. The van der Waals surface area contributed by atoms with Crippen molar-refractivity contribution < 1.29 is 13.6 Å². The summed E-state index contributed by atoms with van der Waals surface area (Å²) in [5, 5.41) is 11.5. The molecule has 0 aliphatic rings. The number of aromatic nitrogens is 3. The first-order valence-corrected chi connectivity index (χ1v) is 9.61. The van der Waals surface area contributed by atoms with Crippen LogP contribution < -0.4 is 5.32 Å². The Morgan fingerprint density at radius 2 is 2.08 bits per heavy atom. The number of halogens is 2. The van der Waals surface area contributed by atoms with Gasteiger partial charge in [-0.05, 0) is 54.0 Å². The lowest BCUT2D eigenvalue weighted by Gasteiger charge is -2.12. The van der Waals surface area contributed by atoms with Gasteiger partial charge in [0.15, 0.2) is 15.6 Å². The Kier molecular flexibility index (Phi) is 5.77. The zero-order valence-electron chi connectivity index (χ0n) is 14.1. The molecule has 3 aromatic rings. The number of carbonyl (C=O) groups excluding carboxylic acids is 1. The minimum absolute atomic E-state index is 0.0704. The SMILES string of the molecule is CC(C)n1c(SCC(=O)Nc2ccccc2F)nnc1-c1ccc(Br)o1. The van der Waals surface area contributed by atoms with E-state index in [1.807, 2.05) is 18.4 Å². The molecule has 1 amide bonds. The van der Waals surface area contributed by atoms with Gasteiger partial charge in [-0.2, -0.15) is 0 Å². The van der Waals surface area contributed by atoms with Crippen LogP contribution in [0, 0.1) is 5.82 Å². The molecule has 0 aliphatic carbocycles. The van der Waals surface area contributed by atoms with Crippen molar-refractivity contribution in [2.75, 3.05) is 11.1 Å². The highest BCUT2D eigenvalue weighted by molar-refractivity contribution is 9.10. The van der Waals surface area contributed by atoms with Crippen molar-refractivity contribution >= 4 is 39.3 Å². The van der Waals surface area contributed by atoms with Gasteiger partial charge in [-0.3, -0.25) is 9.36 Å². The Balaban J connectivity index is 1.73. The number of hydrogen-bond acceptors (Lipinski definition) is 5. The van der Waals surface area contributed by atoms with Crippen LogP contribution in [-0.4, -0.2) is 26.4 Å². The molecule has 26 heavy (non-hydrogen) atoms. The average Bonchev–Trinajstić information content (AvgIpc) is 3.21. The molecule has 0 spiro atoms. The van der Waals surface area contributed by atoms with Crippen molar-refractivity contribution in [1.82, 2.24) is 14.8 Å². The van der Waals surface area contributed by atoms with Gasteiger partial charge in [0.1, 0.15) is 5.82 Å². The lowest BCUT2D eigenvalue weighted by molar-refractivity contribution is -0.113. The third-order valence-corrected chi connectivity index (χ3v) is 4.82. The summed E-state index contributed by atoms with van der Waals surface area (Å²) in [6, 6.07) is 9.69. The van der Waals surface area contributed by atoms with Gasteiger partial charge in [0.25, 0.3) is 0 Å². The second-order valence-corrected chi connectivity index (χ2v) is 7.41. The quantitative estimate of drug-likeness (QED) is 0.562. The highest BCUT2D eigenvalue weighted by Gasteiger charge is 2.20. The van der Waals surface area contributed by atoms with Crippen molar-refractivity contribution in [1.29, 1.82) is 0 Å². The second kappa shape index (κ2) is 8.05. The van der Waals surface area contributed by atoms with Crippen LogP contribution in [0.1, 0.15) is 19.9 Å². The molecule has 0 atom stereocenters. The summed E-state index contributed by atoms with van der Waals surface area (Å²) in [6.07, 6.45) is 0. The summed E-state index contributed by atoms with van der Waals surface area (Å²) < 4.78 is 21.7. The van der Waals surface area contributed by atoms with Crippen molar-refractivity contribution in [3.05, 3.63) is 46.9 Å². The number of carbonyl (C=O) groups is 1. The van der Waals surface area contributed by atoms with E-state index in [1.165, 1.54) is 23.9 Å². The smallest absolute Gasteiger partial charge is 0.234 e. The van der Waals surface area contributed by atoms with E-state index in [0.717, 1.165) is 0 Å². The molecule has 136 valence electrons. The summed E-state index contributed by atoms with van der Waals surface area (Å²) in [7, 11) is 0. The van der Waals surface area contributed by atoms with Gasteiger partial charge in [0.05, 0.1) is 11.4 Å². The van der Waals surface area contributed by atoms with Gasteiger partial charge in [-0.25, -0.2) is 4.39 Å². The molecule has 0 bridgehead atoms. The molecule has 6 nitrogen and oxygen atoms in total. The van der Waals surface area contributed by atoms with Crippen molar-refractivity contribution in [2.45, 2.75) is 25.0 Å². The maximum absolute atomic E-state index is 13.6. The summed E-state index contributed by atoms with van der Waals surface area (Å²) in [5.74, 6) is 0.465. The predicted octanol–water partition coefficient (Wildman–Crippen LogP) is 4.75. The van der Waals surface area contributed by atoms with Gasteiger partial charge >= 0.3 is 0 Å². The molecule has 9 heteroatoms. The molecule has 0 saturated heterocycles. The number of para-hydroxylation sites is 1. The van der Waals surface area contributed by atoms with Crippen LogP contribution in [0.4, 0.5) is 10.1 Å². The van der Waals surface area contributed by atoms with E-state index in [9.17, 15) is 9.18 Å². The molecule has 0 saturated carbocycles. The van der Waals surface area contributed by atoms with E-state index in [2.05, 4.69) is 31.4 Å². The summed E-state index contributed by atoms with van der Waals surface area (Å²) in [6.45, 7) is 3.99. The Labute approximate surface area is 162 Å². The molecule has 2 aromatic heterocycles. The molecule has 0 aliphatic heterocycles. The summed E-state index contributed by atoms with van der Waals surface area (Å²) in [4.78, 5) is 12.1. The number of amides is 1. The Hall–Kier alpha value is -2.13. The molecule has 0 radical (unpaired) electrons. The molecule has 0 fully saturated rings. The summed E-state index contributed by atoms with van der Waals surface area (Å²) in [5.41, 5.74) is 0.157. The largest absolute Gasteiger partial charge is 0.446 e. The third kappa shape index (κ3) is 4.16. The maximum Gasteiger partial charge on any atom is 0.234 e. The Morgan fingerprint density at radius 1 is 1.31 bits per heavy atom. The molecular weight excluding hydrogens is 423 g/mol. The van der Waals surface area contributed by atoms with Crippen molar-refractivity contribution in [2.24, 2.45) is 0 Å². The second-order valence-electron chi connectivity index (χ2n) is 5.69. The fourth-order valence-corrected chi connectivity index (χ4v) is 3.50. The van der Waals surface area contributed by atoms with Gasteiger partial charge in [0, 0.05) is 6.04 Å². The highest BCUT2D eigenvalue weighted by atomic mass is 79.9. The number of hydrogen-bond donors (Lipinski definition) is 1. The van der Waals surface area contributed by atoms with Crippen LogP contribution in [0.25, 0.3) is 11.6 Å². The molecule has 3 rings (SSSR count). The number of nitrogens with zero attached hydrogens (tertiary/aromatic N) is 3. The van der Waals surface area contributed by atoms with E-state index in [1.54, 1.807) is 24.3 Å². The maximum atomic E-state index is 13.6. The fraction of sp³-hybridized carbons (Fsp3) is 0.235. The van der Waals surface area contributed by atoms with Gasteiger partial charge < -0.3 is 9.73 Å². The van der Waals surface area contributed by atoms with E-state index in [0.29, 0.717) is 21.4 Å². The number of nitrogens with one attached hydrogen (secondary N) is 1. The van der Waals surface area contributed by atoms with Crippen LogP contribution in [0.2, 0.25) is 0 Å². The van der Waals surface area contributed by atoms with Gasteiger partial charge in [0.2, 0.25) is 11.7 Å². The topological polar surface area (TPSA) is 73.0 Å². The average molecular weight is 439 g/mol. The number of furan rings is 1. The number of benzene rings is 1. The van der Waals surface area contributed by atoms with Crippen molar-refractivity contribution in [3.8, 4) is 11.6 Å². The number of thioether (sulfide) groups is 1. The van der Waals surface area contributed by atoms with Crippen LogP contribution in [-0.2, 0) is 4.79 Å². The van der Waals surface area contributed by atoms with Crippen LogP contribution >= 0.6 is 27.7 Å². The van der Waals surface area contributed by atoms with Crippen LogP contribution in [0.3, 0.4) is 0 Å². The molecule has 0 unspecified atom stereocenters. The van der Waals surface area contributed by atoms with E-state index >= 15 is 0 Å². The monoisotopic (exact) mass is 438 g/mol. The molecular formula is C17H16BrFN4O2S. The van der Waals surface area contributed by atoms with E-state index < -0.39 is 5.82 Å². The summed E-state index contributed by atoms with van der Waals surface area (Å²) >= 11 is 4.50. The first-order chi connectivity index (χ1) is 12.5. The molecule has 1 aromatic carbocycles. The fourth-order valence-electron chi connectivity index (χ4n) is 2.32. The van der Waals surface area contributed by atoms with Crippen LogP contribution in [0.15, 0.2) is 50.6 Å². The van der Waals surface area contributed by atoms with Crippen LogP contribution in [0.5, 0.6) is 0 Å². The third-order valence-electron chi connectivity index (χ3n) is 3.45. The standard InChI is InChI=1S/C17H16BrFN4O2S/c1-10(2)23-16(13-7-8-14(18)25-13)21-22-17(23)26-9-15(24)20-12-6-4-3-5-11(12)19/h3-8,10H,9H2,1-2H3,(H,20,24). The minimum atomic E-state index is -0.470. The van der Waals surface area contributed by atoms with E-state index in [-0.39, 0.29) is 23.4 Å². The lowest BCUT2D eigenvalue weighted by atomic mass is 10.3. The lowest BCUT2D eigenvalue weighted by Crippen LogP contribution is -2.15. The van der Waals surface area contributed by atoms with Gasteiger partial charge in [-0.1, -0.05) is 23.9 Å². The Morgan fingerprint density at radius 3 is 2.73 bits per heavy atom. The molecule has 1 N–H and O–H groups in total. The highest BCUT2D eigenvalue weighted by Crippen LogP contribution is 2.30. The first kappa shape index (κ1) is 18.7. The molecule has 2 heterocycles. The zero-order chi connectivity index (χ0) is 18.7. The minimum Gasteiger partial charge on any atom is -0.446 e. The van der Waals surface area contributed by atoms with E-state index in [4.69, 9.17) is 4.42 Å². The van der Waals surface area contributed by atoms with Crippen molar-refractivity contribution in [3.63, 3.8) is 0 Å². The normalized spacial score (nSPS) is 11.1.